The first-order chi connectivity index (χ1) is 1.73. The Bertz CT molecular complexity index is 31.1. The first-order valence-corrected chi connectivity index (χ1v) is 0.548. The van der Waals surface area contributed by atoms with E-state index in [0.717, 1.165) is 0 Å². The van der Waals surface area contributed by atoms with Crippen molar-refractivity contribution in [2.45, 2.75) is 0 Å². The molecule has 0 aromatic heterocycles. The molecule has 6 nitrogen and oxygen atoms in total. The van der Waals surface area contributed by atoms with E-state index >= 15 is 0 Å². The Balaban J connectivity index is -0.0000000150. The molecule has 0 heterocycles. The molecule has 7 heteroatoms. The van der Waals surface area contributed by atoms with Gasteiger partial charge in [-0.2, -0.15) is 0 Å². The Labute approximate surface area is 68.9 Å². The molecule has 40 valence electrons. The van der Waals surface area contributed by atoms with E-state index in [1.54, 1.807) is 0 Å². The Hall–Kier alpha value is 0.380. The number of nitrogens with zero attached hydrogens (tertiary/aromatic N) is 1. The molecule has 0 aliphatic heterocycles. The molecule has 0 unspecified atom stereocenters. The van der Waals surface area contributed by atoms with Gasteiger partial charge in [0.05, 0.1) is 5.09 Å². The van der Waals surface area contributed by atoms with Crippen molar-refractivity contribution < 1.29 is 16.0 Å². The predicted octanol–water partition coefficient (Wildman–Crippen LogP) is -2.27. The van der Waals surface area contributed by atoms with Crippen LogP contribution in [0, 0.1) is 15.3 Å². The summed E-state index contributed by atoms with van der Waals surface area (Å²) in [4.78, 5) is 8.25. The topological polar surface area (TPSA) is 129 Å². The van der Waals surface area contributed by atoms with Crippen molar-refractivity contribution in [3.05, 3.63) is 15.3 Å². The smallest absolute Gasteiger partial charge is 0.412 e. The maximum absolute atomic E-state index is 8.25. The van der Waals surface area contributed by atoms with Crippen molar-refractivity contribution in [3.8, 4) is 0 Å². The van der Waals surface area contributed by atoms with Gasteiger partial charge >= 0.3 is 37.7 Å². The maximum Gasteiger partial charge on any atom is 2.00 e. The average molecular weight is 138 g/mol. The van der Waals surface area contributed by atoms with Gasteiger partial charge < -0.3 is 26.3 Å². The molecule has 0 amide bonds. The molecule has 7 heavy (non-hydrogen) atoms. The van der Waals surface area contributed by atoms with Gasteiger partial charge in [0.15, 0.2) is 0 Å². The Kier molecular flexibility index (Phi) is 60.7. The van der Waals surface area contributed by atoms with Gasteiger partial charge in [0.1, 0.15) is 0 Å². The minimum atomic E-state index is -1.75. The summed E-state index contributed by atoms with van der Waals surface area (Å²) >= 11 is 0. The largest absolute Gasteiger partial charge is 2.00 e. The molecule has 0 rings (SSSR count). The van der Waals surface area contributed by atoms with Gasteiger partial charge in [-0.15, -0.1) is 0 Å². The minimum absolute atomic E-state index is 0. The summed E-state index contributed by atoms with van der Waals surface area (Å²) in [5.41, 5.74) is 0. The summed E-state index contributed by atoms with van der Waals surface area (Å²) in [6.07, 6.45) is 0. The zero-order chi connectivity index (χ0) is 3.58. The first-order valence-electron chi connectivity index (χ1n) is 0.548. The molecule has 0 spiro atoms. The molecule has 0 radical (unpaired) electrons. The molecule has 0 aliphatic carbocycles. The van der Waals surface area contributed by atoms with Gasteiger partial charge in [-0.3, -0.25) is 0 Å². The fraction of sp³-hybridized carbons (Fsp3) is 0. The molecule has 4 N–H and O–H groups in total. The second-order valence-corrected chi connectivity index (χ2v) is 0.224. The van der Waals surface area contributed by atoms with Crippen molar-refractivity contribution >= 4 is 37.7 Å². The van der Waals surface area contributed by atoms with Gasteiger partial charge in [-0.25, -0.2) is 0 Å². The number of rotatable bonds is 0. The van der Waals surface area contributed by atoms with E-state index in [2.05, 4.69) is 0 Å². The second kappa shape index (κ2) is 16.2. The molecule has 0 aliphatic rings. The molecular weight excluding hydrogens is 134 g/mol. The van der Waals surface area contributed by atoms with Crippen molar-refractivity contribution in [2.75, 3.05) is 0 Å². The van der Waals surface area contributed by atoms with Crippen LogP contribution in [0.5, 0.6) is 0 Å². The third-order valence-electron chi connectivity index (χ3n) is 0. The molecule has 0 atom stereocenters. The van der Waals surface area contributed by atoms with Crippen LogP contribution in [-0.2, 0) is 0 Å². The minimum Gasteiger partial charge on any atom is -0.412 e. The normalized spacial score (nSPS) is 3.43. The molecule has 0 fully saturated rings. The van der Waals surface area contributed by atoms with E-state index in [0.29, 0.717) is 0 Å². The standard InChI is InChI=1S/Ca.NO3.2H2O/c;2-1(3)4;;/h;;2*1H2/q+2;-1;;. The van der Waals surface area contributed by atoms with Crippen LogP contribution in [0.4, 0.5) is 0 Å². The third-order valence-corrected chi connectivity index (χ3v) is 0. The Morgan fingerprint density at radius 3 is 1.14 bits per heavy atom. The van der Waals surface area contributed by atoms with E-state index in [9.17, 15) is 0 Å². The number of hydrogen-bond donors (Lipinski definition) is 0. The fourth-order valence-corrected chi connectivity index (χ4v) is 0. The van der Waals surface area contributed by atoms with Gasteiger partial charge in [0.25, 0.3) is 0 Å². The van der Waals surface area contributed by atoms with Crippen molar-refractivity contribution in [2.24, 2.45) is 0 Å². The van der Waals surface area contributed by atoms with E-state index in [-0.39, 0.29) is 48.7 Å². The summed E-state index contributed by atoms with van der Waals surface area (Å²) < 4.78 is 0. The van der Waals surface area contributed by atoms with E-state index in [4.69, 9.17) is 15.3 Å². The quantitative estimate of drug-likeness (QED) is 0.212. The van der Waals surface area contributed by atoms with Crippen LogP contribution >= 0.6 is 0 Å². The molecule has 0 aromatic carbocycles. The second-order valence-electron chi connectivity index (χ2n) is 0.224. The van der Waals surface area contributed by atoms with Crippen LogP contribution in [-0.4, -0.2) is 53.8 Å². The maximum atomic E-state index is 8.25. The van der Waals surface area contributed by atoms with E-state index < -0.39 is 5.09 Å². The van der Waals surface area contributed by atoms with Gasteiger partial charge in [0.2, 0.25) is 0 Å². The van der Waals surface area contributed by atoms with Gasteiger partial charge in [0, 0.05) is 0 Å². The van der Waals surface area contributed by atoms with E-state index in [1.165, 1.54) is 0 Å². The predicted molar refractivity (Wildman–Crippen MR) is 23.3 cm³/mol. The van der Waals surface area contributed by atoms with Crippen LogP contribution in [0.15, 0.2) is 0 Å². The van der Waals surface area contributed by atoms with Crippen molar-refractivity contribution in [1.82, 2.24) is 0 Å². The SMILES string of the molecule is O.O.O=[N+]([O-])[O-].[Ca+2]. The summed E-state index contributed by atoms with van der Waals surface area (Å²) in [6.45, 7) is 0. The Morgan fingerprint density at radius 2 is 1.14 bits per heavy atom. The third kappa shape index (κ3) is 849. The zero-order valence-electron chi connectivity index (χ0n) is 3.38. The summed E-state index contributed by atoms with van der Waals surface area (Å²) in [5, 5.41) is 14.8. The average Bonchev–Trinajstić information content (AvgIpc) is 0.811. The summed E-state index contributed by atoms with van der Waals surface area (Å²) in [7, 11) is 0. The number of hydrogen-bond acceptors (Lipinski definition) is 3. The van der Waals surface area contributed by atoms with Crippen molar-refractivity contribution in [3.63, 3.8) is 0 Å². The fourth-order valence-electron chi connectivity index (χ4n) is 0. The van der Waals surface area contributed by atoms with Crippen LogP contribution in [0.2, 0.25) is 0 Å². The van der Waals surface area contributed by atoms with Gasteiger partial charge in [-0.1, -0.05) is 0 Å². The molecule has 0 saturated heterocycles. The first kappa shape index (κ1) is 26.3. The summed E-state index contributed by atoms with van der Waals surface area (Å²) in [6, 6.07) is 0. The molecule has 0 saturated carbocycles. The van der Waals surface area contributed by atoms with Crippen molar-refractivity contribution in [1.29, 1.82) is 0 Å². The van der Waals surface area contributed by atoms with Crippen LogP contribution in [0.25, 0.3) is 0 Å². The zero-order valence-corrected chi connectivity index (χ0v) is 5.59. The van der Waals surface area contributed by atoms with Crippen LogP contribution in [0.3, 0.4) is 0 Å². The van der Waals surface area contributed by atoms with Crippen LogP contribution < -0.4 is 0 Å². The molecular formula is H4CaNO5+. The molecule has 0 aromatic rings. The Morgan fingerprint density at radius 1 is 1.14 bits per heavy atom. The molecule has 0 bridgehead atoms. The van der Waals surface area contributed by atoms with E-state index in [1.807, 2.05) is 0 Å². The van der Waals surface area contributed by atoms with Crippen LogP contribution in [0.1, 0.15) is 0 Å². The monoisotopic (exact) mass is 138 g/mol. The van der Waals surface area contributed by atoms with Gasteiger partial charge in [-0.05, 0) is 0 Å². The summed E-state index contributed by atoms with van der Waals surface area (Å²) in [5.74, 6) is 0.